The highest BCUT2D eigenvalue weighted by Crippen LogP contribution is 2.20. The summed E-state index contributed by atoms with van der Waals surface area (Å²) in [5, 5.41) is 8.66. The van der Waals surface area contributed by atoms with Crippen LogP contribution in [0.2, 0.25) is 0 Å². The Kier molecular flexibility index (Phi) is 3.06. The van der Waals surface area contributed by atoms with E-state index in [0.717, 1.165) is 10.0 Å². The third-order valence-electron chi connectivity index (χ3n) is 1.82. The lowest BCUT2D eigenvalue weighted by atomic mass is 10.1. The molecule has 3 nitrogen and oxygen atoms in total. The molecule has 0 spiro atoms. The van der Waals surface area contributed by atoms with Gasteiger partial charge in [0, 0.05) is 4.47 Å². The van der Waals surface area contributed by atoms with Crippen molar-refractivity contribution in [3.63, 3.8) is 0 Å². The van der Waals surface area contributed by atoms with Crippen molar-refractivity contribution >= 4 is 21.9 Å². The maximum absolute atomic E-state index is 10.6. The third-order valence-corrected chi connectivity index (χ3v) is 2.68. The van der Waals surface area contributed by atoms with E-state index < -0.39 is 12.0 Å². The van der Waals surface area contributed by atoms with Gasteiger partial charge in [0.15, 0.2) is 0 Å². The molecule has 13 heavy (non-hydrogen) atoms. The predicted octanol–water partition coefficient (Wildman–Crippen LogP) is 1.84. The number of hydrogen-bond donors (Lipinski definition) is 2. The number of carboxylic acids is 1. The summed E-state index contributed by atoms with van der Waals surface area (Å²) < 4.78 is 0.877. The van der Waals surface area contributed by atoms with E-state index in [-0.39, 0.29) is 0 Å². The van der Waals surface area contributed by atoms with Crippen LogP contribution in [-0.4, -0.2) is 11.1 Å². The van der Waals surface area contributed by atoms with E-state index in [9.17, 15) is 4.79 Å². The summed E-state index contributed by atoms with van der Waals surface area (Å²) in [5.41, 5.74) is 7.09. The molecule has 0 aliphatic carbocycles. The van der Waals surface area contributed by atoms with Gasteiger partial charge in [-0.3, -0.25) is 4.79 Å². The number of halogens is 1. The highest BCUT2D eigenvalue weighted by Gasteiger charge is 2.14. The first-order valence-electron chi connectivity index (χ1n) is 3.77. The number of rotatable bonds is 2. The van der Waals surface area contributed by atoms with E-state index in [1.165, 1.54) is 0 Å². The second-order valence-electron chi connectivity index (χ2n) is 2.82. The molecule has 1 atom stereocenters. The molecular weight excluding hydrogens is 234 g/mol. The van der Waals surface area contributed by atoms with Gasteiger partial charge in [0.25, 0.3) is 0 Å². The summed E-state index contributed by atoms with van der Waals surface area (Å²) in [6.07, 6.45) is 0. The standard InChI is InChI=1S/C9H10BrNO2/c1-5-2-3-6(4-7(5)10)8(11)9(12)13/h2-4,8H,11H2,1H3,(H,12,13). The van der Waals surface area contributed by atoms with Crippen molar-refractivity contribution in [2.75, 3.05) is 0 Å². The molecule has 0 heterocycles. The monoisotopic (exact) mass is 243 g/mol. The van der Waals surface area contributed by atoms with Crippen LogP contribution in [0.5, 0.6) is 0 Å². The minimum atomic E-state index is -1.02. The number of aryl methyl sites for hydroxylation is 1. The maximum atomic E-state index is 10.6. The molecule has 0 radical (unpaired) electrons. The van der Waals surface area contributed by atoms with Crippen LogP contribution in [0.4, 0.5) is 0 Å². The summed E-state index contributed by atoms with van der Waals surface area (Å²) in [4.78, 5) is 10.6. The smallest absolute Gasteiger partial charge is 0.325 e. The lowest BCUT2D eigenvalue weighted by molar-refractivity contribution is -0.138. The zero-order chi connectivity index (χ0) is 10.0. The van der Waals surface area contributed by atoms with Crippen molar-refractivity contribution in [2.45, 2.75) is 13.0 Å². The Balaban J connectivity index is 3.03. The van der Waals surface area contributed by atoms with E-state index in [0.29, 0.717) is 5.56 Å². The molecular formula is C9H10BrNO2. The van der Waals surface area contributed by atoms with Gasteiger partial charge in [0.2, 0.25) is 0 Å². The van der Waals surface area contributed by atoms with Crippen LogP contribution < -0.4 is 5.73 Å². The van der Waals surface area contributed by atoms with E-state index in [1.807, 2.05) is 13.0 Å². The predicted molar refractivity (Wildman–Crippen MR) is 53.4 cm³/mol. The molecule has 0 aliphatic heterocycles. The molecule has 3 N–H and O–H groups in total. The second kappa shape index (κ2) is 3.89. The Morgan fingerprint density at radius 1 is 1.62 bits per heavy atom. The van der Waals surface area contributed by atoms with Gasteiger partial charge < -0.3 is 10.8 Å². The number of aliphatic carboxylic acids is 1. The largest absolute Gasteiger partial charge is 0.480 e. The van der Waals surface area contributed by atoms with Gasteiger partial charge in [0.1, 0.15) is 6.04 Å². The van der Waals surface area contributed by atoms with Gasteiger partial charge in [-0.15, -0.1) is 0 Å². The Bertz CT molecular complexity index is 338. The molecule has 0 fully saturated rings. The quantitative estimate of drug-likeness (QED) is 0.834. The highest BCUT2D eigenvalue weighted by atomic mass is 79.9. The molecule has 1 aromatic carbocycles. The number of hydrogen-bond acceptors (Lipinski definition) is 2. The summed E-state index contributed by atoms with van der Waals surface area (Å²) >= 11 is 3.31. The van der Waals surface area contributed by atoms with Gasteiger partial charge in [-0.05, 0) is 24.1 Å². The highest BCUT2D eigenvalue weighted by molar-refractivity contribution is 9.10. The van der Waals surface area contributed by atoms with Crippen LogP contribution in [0.25, 0.3) is 0 Å². The number of benzene rings is 1. The van der Waals surface area contributed by atoms with Gasteiger partial charge >= 0.3 is 5.97 Å². The van der Waals surface area contributed by atoms with E-state index in [4.69, 9.17) is 10.8 Å². The Hall–Kier alpha value is -0.870. The van der Waals surface area contributed by atoms with Crippen LogP contribution in [0.15, 0.2) is 22.7 Å². The van der Waals surface area contributed by atoms with Gasteiger partial charge in [-0.2, -0.15) is 0 Å². The summed E-state index contributed by atoms with van der Waals surface area (Å²) in [6, 6.07) is 4.34. The minimum absolute atomic E-state index is 0.602. The normalized spacial score (nSPS) is 12.5. The lowest BCUT2D eigenvalue weighted by Crippen LogP contribution is -2.20. The Morgan fingerprint density at radius 3 is 2.69 bits per heavy atom. The minimum Gasteiger partial charge on any atom is -0.480 e. The van der Waals surface area contributed by atoms with Crippen LogP contribution in [-0.2, 0) is 4.79 Å². The molecule has 1 unspecified atom stereocenters. The zero-order valence-corrected chi connectivity index (χ0v) is 8.71. The van der Waals surface area contributed by atoms with Gasteiger partial charge in [0.05, 0.1) is 0 Å². The molecule has 0 amide bonds. The van der Waals surface area contributed by atoms with E-state index >= 15 is 0 Å². The molecule has 0 saturated heterocycles. The van der Waals surface area contributed by atoms with Crippen LogP contribution in [0.1, 0.15) is 17.2 Å². The van der Waals surface area contributed by atoms with Crippen molar-refractivity contribution in [1.29, 1.82) is 0 Å². The Morgan fingerprint density at radius 2 is 2.23 bits per heavy atom. The lowest BCUT2D eigenvalue weighted by Gasteiger charge is -2.07. The molecule has 1 aromatic rings. The summed E-state index contributed by atoms with van der Waals surface area (Å²) in [7, 11) is 0. The first kappa shape index (κ1) is 10.2. The summed E-state index contributed by atoms with van der Waals surface area (Å²) in [6.45, 7) is 1.93. The second-order valence-corrected chi connectivity index (χ2v) is 3.68. The fourth-order valence-electron chi connectivity index (χ4n) is 0.945. The molecule has 0 aromatic heterocycles. The molecule has 0 aliphatic rings. The topological polar surface area (TPSA) is 63.3 Å². The average Bonchev–Trinajstić information content (AvgIpc) is 2.08. The molecule has 1 rings (SSSR count). The Labute approximate surface area is 84.7 Å². The fourth-order valence-corrected chi connectivity index (χ4v) is 1.34. The number of nitrogens with two attached hydrogens (primary N) is 1. The van der Waals surface area contributed by atoms with Crippen molar-refractivity contribution in [3.05, 3.63) is 33.8 Å². The van der Waals surface area contributed by atoms with E-state index in [1.54, 1.807) is 12.1 Å². The van der Waals surface area contributed by atoms with Gasteiger partial charge in [-0.25, -0.2) is 0 Å². The third kappa shape index (κ3) is 2.29. The van der Waals surface area contributed by atoms with Crippen molar-refractivity contribution in [2.24, 2.45) is 5.73 Å². The van der Waals surface area contributed by atoms with Crippen LogP contribution in [0, 0.1) is 6.92 Å². The van der Waals surface area contributed by atoms with Gasteiger partial charge in [-0.1, -0.05) is 28.1 Å². The SMILES string of the molecule is Cc1ccc(C(N)C(=O)O)cc1Br. The number of carboxylic acid groups (broad SMARTS) is 1. The molecule has 70 valence electrons. The van der Waals surface area contributed by atoms with Crippen LogP contribution in [0.3, 0.4) is 0 Å². The zero-order valence-electron chi connectivity index (χ0n) is 7.12. The fraction of sp³-hybridized carbons (Fsp3) is 0.222. The first-order valence-corrected chi connectivity index (χ1v) is 4.56. The first-order chi connectivity index (χ1) is 6.02. The number of carbonyl (C=O) groups is 1. The molecule has 0 saturated carbocycles. The van der Waals surface area contributed by atoms with Crippen molar-refractivity contribution in [3.8, 4) is 0 Å². The van der Waals surface area contributed by atoms with Crippen LogP contribution >= 0.6 is 15.9 Å². The maximum Gasteiger partial charge on any atom is 0.325 e. The van der Waals surface area contributed by atoms with Crippen molar-refractivity contribution < 1.29 is 9.90 Å². The van der Waals surface area contributed by atoms with E-state index in [2.05, 4.69) is 15.9 Å². The molecule has 0 bridgehead atoms. The molecule has 4 heteroatoms. The summed E-state index contributed by atoms with van der Waals surface area (Å²) in [5.74, 6) is -1.02. The van der Waals surface area contributed by atoms with Crippen molar-refractivity contribution in [1.82, 2.24) is 0 Å². The average molecular weight is 244 g/mol.